The second kappa shape index (κ2) is 7.32. The number of ether oxygens (including phenoxy) is 2. The van der Waals surface area contributed by atoms with E-state index in [9.17, 15) is 0 Å². The molecule has 0 fully saturated rings. The standard InChI is InChI=1S/C10H18N2O4/c1-8(13)7-10-11-9(12-16-10)3-4-15-6-5-14-2/h8,13H,3-7H2,1-2H3. The third-order valence-electron chi connectivity index (χ3n) is 1.88. The molecule has 1 N–H and O–H groups in total. The van der Waals surface area contributed by atoms with Crippen LogP contribution in [0.5, 0.6) is 0 Å². The van der Waals surface area contributed by atoms with Crippen LogP contribution in [-0.4, -0.2) is 48.3 Å². The molecule has 1 atom stereocenters. The number of aliphatic hydroxyl groups is 1. The lowest BCUT2D eigenvalue weighted by molar-refractivity contribution is 0.0714. The zero-order valence-corrected chi connectivity index (χ0v) is 9.68. The molecule has 1 heterocycles. The molecule has 1 aromatic heterocycles. The minimum Gasteiger partial charge on any atom is -0.393 e. The lowest BCUT2D eigenvalue weighted by atomic mass is 10.3. The van der Waals surface area contributed by atoms with Gasteiger partial charge in [0.2, 0.25) is 5.89 Å². The van der Waals surface area contributed by atoms with Crippen LogP contribution in [0.25, 0.3) is 0 Å². The highest BCUT2D eigenvalue weighted by molar-refractivity contribution is 4.87. The summed E-state index contributed by atoms with van der Waals surface area (Å²) in [7, 11) is 1.63. The van der Waals surface area contributed by atoms with Crippen molar-refractivity contribution < 1.29 is 19.1 Å². The molecule has 0 aromatic carbocycles. The van der Waals surface area contributed by atoms with Crippen molar-refractivity contribution in [2.24, 2.45) is 0 Å². The smallest absolute Gasteiger partial charge is 0.229 e. The third-order valence-corrected chi connectivity index (χ3v) is 1.88. The van der Waals surface area contributed by atoms with Crippen molar-refractivity contribution in [2.45, 2.75) is 25.9 Å². The number of aliphatic hydroxyl groups excluding tert-OH is 1. The molecule has 16 heavy (non-hydrogen) atoms. The van der Waals surface area contributed by atoms with Crippen molar-refractivity contribution in [1.29, 1.82) is 0 Å². The van der Waals surface area contributed by atoms with Gasteiger partial charge in [0.15, 0.2) is 5.82 Å². The fourth-order valence-electron chi connectivity index (χ4n) is 1.14. The highest BCUT2D eigenvalue weighted by atomic mass is 16.5. The summed E-state index contributed by atoms with van der Waals surface area (Å²) in [5, 5.41) is 12.9. The molecule has 1 unspecified atom stereocenters. The van der Waals surface area contributed by atoms with E-state index < -0.39 is 6.10 Å². The highest BCUT2D eigenvalue weighted by Crippen LogP contribution is 2.01. The molecule has 6 heteroatoms. The van der Waals surface area contributed by atoms with E-state index in [0.29, 0.717) is 44.4 Å². The second-order valence-electron chi connectivity index (χ2n) is 3.51. The van der Waals surface area contributed by atoms with Gasteiger partial charge in [0.1, 0.15) is 0 Å². The summed E-state index contributed by atoms with van der Waals surface area (Å²) in [6, 6.07) is 0. The Labute approximate surface area is 94.6 Å². The van der Waals surface area contributed by atoms with E-state index in [2.05, 4.69) is 10.1 Å². The minimum atomic E-state index is -0.466. The van der Waals surface area contributed by atoms with E-state index >= 15 is 0 Å². The zero-order chi connectivity index (χ0) is 11.8. The van der Waals surface area contributed by atoms with Crippen molar-refractivity contribution in [3.63, 3.8) is 0 Å². The fourth-order valence-corrected chi connectivity index (χ4v) is 1.14. The average molecular weight is 230 g/mol. The summed E-state index contributed by atoms with van der Waals surface area (Å²) in [4.78, 5) is 4.12. The molecule has 0 aliphatic rings. The van der Waals surface area contributed by atoms with Gasteiger partial charge in [-0.2, -0.15) is 4.98 Å². The number of rotatable bonds is 8. The van der Waals surface area contributed by atoms with Gasteiger partial charge in [-0.1, -0.05) is 5.16 Å². The summed E-state index contributed by atoms with van der Waals surface area (Å²) in [6.45, 7) is 3.36. The van der Waals surface area contributed by atoms with Crippen LogP contribution in [0, 0.1) is 0 Å². The van der Waals surface area contributed by atoms with E-state index in [1.807, 2.05) is 0 Å². The van der Waals surface area contributed by atoms with Crippen molar-refractivity contribution in [3.05, 3.63) is 11.7 Å². The molecule has 0 aliphatic heterocycles. The normalized spacial score (nSPS) is 12.9. The molecule has 1 aromatic rings. The monoisotopic (exact) mass is 230 g/mol. The van der Waals surface area contributed by atoms with Crippen molar-refractivity contribution in [2.75, 3.05) is 26.9 Å². The summed E-state index contributed by atoms with van der Waals surface area (Å²) >= 11 is 0. The summed E-state index contributed by atoms with van der Waals surface area (Å²) in [5.74, 6) is 1.06. The summed E-state index contributed by atoms with van der Waals surface area (Å²) in [6.07, 6.45) is 0.524. The van der Waals surface area contributed by atoms with Crippen LogP contribution in [-0.2, 0) is 22.3 Å². The molecule has 6 nitrogen and oxygen atoms in total. The van der Waals surface area contributed by atoms with Gasteiger partial charge in [-0.15, -0.1) is 0 Å². The van der Waals surface area contributed by atoms with Gasteiger partial charge >= 0.3 is 0 Å². The Balaban J connectivity index is 2.19. The molecule has 92 valence electrons. The van der Waals surface area contributed by atoms with Gasteiger partial charge in [0, 0.05) is 13.5 Å². The first-order valence-electron chi connectivity index (χ1n) is 5.28. The van der Waals surface area contributed by atoms with Crippen LogP contribution in [0.4, 0.5) is 0 Å². The van der Waals surface area contributed by atoms with E-state index in [-0.39, 0.29) is 0 Å². The second-order valence-corrected chi connectivity index (χ2v) is 3.51. The molecular weight excluding hydrogens is 212 g/mol. The first-order valence-corrected chi connectivity index (χ1v) is 5.28. The fraction of sp³-hybridized carbons (Fsp3) is 0.800. The van der Waals surface area contributed by atoms with Gasteiger partial charge in [0.25, 0.3) is 0 Å². The molecular formula is C10H18N2O4. The van der Waals surface area contributed by atoms with E-state index in [0.717, 1.165) is 0 Å². The Kier molecular flexibility index (Phi) is 5.99. The molecule has 0 aliphatic carbocycles. The lowest BCUT2D eigenvalue weighted by Crippen LogP contribution is -2.06. The van der Waals surface area contributed by atoms with Crippen LogP contribution in [0.1, 0.15) is 18.6 Å². The van der Waals surface area contributed by atoms with E-state index in [1.165, 1.54) is 0 Å². The third kappa shape index (κ3) is 5.20. The maximum atomic E-state index is 9.12. The Morgan fingerprint density at radius 2 is 2.19 bits per heavy atom. The number of hydrogen-bond acceptors (Lipinski definition) is 6. The molecule has 0 spiro atoms. The van der Waals surface area contributed by atoms with E-state index in [4.69, 9.17) is 19.1 Å². The molecule has 0 saturated carbocycles. The highest BCUT2D eigenvalue weighted by Gasteiger charge is 2.08. The first-order chi connectivity index (χ1) is 7.72. The number of hydrogen-bond donors (Lipinski definition) is 1. The van der Waals surface area contributed by atoms with Crippen LogP contribution in [0.2, 0.25) is 0 Å². The maximum Gasteiger partial charge on any atom is 0.229 e. The summed E-state index contributed by atoms with van der Waals surface area (Å²) < 4.78 is 15.1. The number of aromatic nitrogens is 2. The van der Waals surface area contributed by atoms with Crippen LogP contribution in [0.3, 0.4) is 0 Å². The van der Waals surface area contributed by atoms with Gasteiger partial charge < -0.3 is 19.1 Å². The molecule has 0 amide bonds. The van der Waals surface area contributed by atoms with Gasteiger partial charge in [0.05, 0.1) is 32.3 Å². The molecule has 1 rings (SSSR count). The Bertz CT molecular complexity index is 288. The zero-order valence-electron chi connectivity index (χ0n) is 9.68. The average Bonchev–Trinajstić information content (AvgIpc) is 2.64. The Morgan fingerprint density at radius 1 is 1.38 bits per heavy atom. The van der Waals surface area contributed by atoms with Gasteiger partial charge in [-0.25, -0.2) is 0 Å². The lowest BCUT2D eigenvalue weighted by Gasteiger charge is -2.00. The van der Waals surface area contributed by atoms with Gasteiger partial charge in [-0.3, -0.25) is 0 Å². The van der Waals surface area contributed by atoms with Crippen LogP contribution >= 0.6 is 0 Å². The first kappa shape index (κ1) is 13.1. The Hall–Kier alpha value is -0.980. The van der Waals surface area contributed by atoms with Crippen LogP contribution in [0.15, 0.2) is 4.52 Å². The van der Waals surface area contributed by atoms with E-state index in [1.54, 1.807) is 14.0 Å². The topological polar surface area (TPSA) is 77.6 Å². The van der Waals surface area contributed by atoms with Crippen molar-refractivity contribution >= 4 is 0 Å². The molecule has 0 saturated heterocycles. The molecule has 0 radical (unpaired) electrons. The largest absolute Gasteiger partial charge is 0.393 e. The number of methoxy groups -OCH3 is 1. The van der Waals surface area contributed by atoms with Gasteiger partial charge in [-0.05, 0) is 6.92 Å². The van der Waals surface area contributed by atoms with Crippen LogP contribution < -0.4 is 0 Å². The Morgan fingerprint density at radius 3 is 2.88 bits per heavy atom. The minimum absolute atomic E-state index is 0.386. The number of nitrogens with zero attached hydrogens (tertiary/aromatic N) is 2. The van der Waals surface area contributed by atoms with Crippen molar-refractivity contribution in [1.82, 2.24) is 10.1 Å². The SMILES string of the molecule is COCCOCCc1noc(CC(C)O)n1. The van der Waals surface area contributed by atoms with Crippen molar-refractivity contribution in [3.8, 4) is 0 Å². The maximum absolute atomic E-state index is 9.12. The summed E-state index contributed by atoms with van der Waals surface area (Å²) in [5.41, 5.74) is 0. The molecule has 0 bridgehead atoms. The quantitative estimate of drug-likeness (QED) is 0.643. The predicted octanol–water partition coefficient (Wildman–Crippen LogP) is 0.198. The predicted molar refractivity (Wildman–Crippen MR) is 56.1 cm³/mol.